The summed E-state index contributed by atoms with van der Waals surface area (Å²) in [6, 6.07) is 10.4. The maximum Gasteiger partial charge on any atom is 0.0991 e. The molecule has 0 amide bonds. The number of nitrogens with zero attached hydrogens (tertiary/aromatic N) is 2. The molecule has 0 bridgehead atoms. The van der Waals surface area contributed by atoms with Crippen molar-refractivity contribution in [1.82, 2.24) is 0 Å². The topological polar surface area (TPSA) is 27.0 Å². The van der Waals surface area contributed by atoms with Gasteiger partial charge in [-0.05, 0) is 37.1 Å². The van der Waals surface area contributed by atoms with Crippen LogP contribution in [0.5, 0.6) is 0 Å². The van der Waals surface area contributed by atoms with Crippen molar-refractivity contribution < 1.29 is 0 Å². The van der Waals surface area contributed by atoms with Gasteiger partial charge in [-0.3, -0.25) is 0 Å². The first-order valence-corrected chi connectivity index (χ1v) is 12.6. The van der Waals surface area contributed by atoms with Crippen LogP contribution >= 0.6 is 0 Å². The summed E-state index contributed by atoms with van der Waals surface area (Å²) in [5, 5.41) is 9.06. The van der Waals surface area contributed by atoms with E-state index in [9.17, 15) is 0 Å². The second-order valence-electron chi connectivity index (χ2n) is 8.60. The molecule has 0 fully saturated rings. The fourth-order valence-corrected chi connectivity index (χ4v) is 3.99. The van der Waals surface area contributed by atoms with Crippen molar-refractivity contribution in [3.8, 4) is 6.07 Å². The Morgan fingerprint density at radius 1 is 0.586 bits per heavy atom. The minimum atomic E-state index is 0.757. The Balaban J connectivity index is 2.31. The van der Waals surface area contributed by atoms with Crippen LogP contribution in [-0.4, -0.2) is 13.1 Å². The number of rotatable bonds is 19. The van der Waals surface area contributed by atoms with Crippen molar-refractivity contribution in [2.75, 3.05) is 18.0 Å². The van der Waals surface area contributed by atoms with E-state index in [0.29, 0.717) is 0 Å². The summed E-state index contributed by atoms with van der Waals surface area (Å²) in [5.74, 6) is 0. The highest BCUT2D eigenvalue weighted by Gasteiger charge is 2.07. The summed E-state index contributed by atoms with van der Waals surface area (Å²) in [4.78, 5) is 2.55. The Hall–Kier alpha value is -1.49. The van der Waals surface area contributed by atoms with E-state index in [1.807, 2.05) is 12.1 Å². The molecular weight excluding hydrogens is 352 g/mol. The van der Waals surface area contributed by atoms with Crippen molar-refractivity contribution >= 4 is 5.69 Å². The summed E-state index contributed by atoms with van der Waals surface area (Å²) in [7, 11) is 0. The van der Waals surface area contributed by atoms with E-state index in [1.54, 1.807) is 0 Å². The maximum absolute atomic E-state index is 9.06. The molecule has 0 aliphatic heterocycles. The van der Waals surface area contributed by atoms with E-state index >= 15 is 0 Å². The zero-order valence-corrected chi connectivity index (χ0v) is 19.4. The van der Waals surface area contributed by atoms with Crippen molar-refractivity contribution in [2.24, 2.45) is 0 Å². The van der Waals surface area contributed by atoms with Gasteiger partial charge in [-0.25, -0.2) is 0 Å². The molecule has 0 unspecified atom stereocenters. The van der Waals surface area contributed by atoms with Crippen LogP contribution in [-0.2, 0) is 0 Å². The Kier molecular flexibility index (Phi) is 16.3. The van der Waals surface area contributed by atoms with Gasteiger partial charge < -0.3 is 4.90 Å². The van der Waals surface area contributed by atoms with Gasteiger partial charge >= 0.3 is 0 Å². The molecule has 0 saturated carbocycles. The van der Waals surface area contributed by atoms with E-state index < -0.39 is 0 Å². The molecule has 2 nitrogen and oxygen atoms in total. The first kappa shape index (κ1) is 25.5. The van der Waals surface area contributed by atoms with Gasteiger partial charge in [0.2, 0.25) is 0 Å². The van der Waals surface area contributed by atoms with Gasteiger partial charge in [0, 0.05) is 18.8 Å². The number of hydrogen-bond donors (Lipinski definition) is 0. The molecular formula is C27H46N2. The van der Waals surface area contributed by atoms with Gasteiger partial charge in [0.15, 0.2) is 0 Å². The second-order valence-corrected chi connectivity index (χ2v) is 8.60. The predicted octanol–water partition coefficient (Wildman–Crippen LogP) is 8.65. The molecule has 1 aromatic carbocycles. The number of benzene rings is 1. The average molecular weight is 399 g/mol. The van der Waals surface area contributed by atoms with Crippen molar-refractivity contribution in [3.63, 3.8) is 0 Å². The molecule has 0 radical (unpaired) electrons. The molecule has 0 heterocycles. The summed E-state index contributed by atoms with van der Waals surface area (Å²) in [5.41, 5.74) is 2.04. The molecule has 0 aliphatic carbocycles. The smallest absolute Gasteiger partial charge is 0.0991 e. The molecule has 29 heavy (non-hydrogen) atoms. The molecule has 0 aromatic heterocycles. The van der Waals surface area contributed by atoms with Crippen LogP contribution in [0, 0.1) is 11.3 Å². The second kappa shape index (κ2) is 18.5. The third kappa shape index (κ3) is 13.4. The van der Waals surface area contributed by atoms with Crippen LogP contribution in [0.4, 0.5) is 5.69 Å². The standard InChI is InChI=1S/C27H46N2/c1-3-5-7-9-11-13-15-17-23-29(27-21-19-26(25-28)20-22-27)24-18-16-14-12-10-8-6-4-2/h19-22H,3-18,23-24H2,1-2H3. The van der Waals surface area contributed by atoms with Gasteiger partial charge in [-0.15, -0.1) is 0 Å². The van der Waals surface area contributed by atoms with Crippen molar-refractivity contribution in [3.05, 3.63) is 29.8 Å². The van der Waals surface area contributed by atoms with Crippen LogP contribution in [0.2, 0.25) is 0 Å². The van der Waals surface area contributed by atoms with E-state index in [-0.39, 0.29) is 0 Å². The normalized spacial score (nSPS) is 10.8. The fraction of sp³-hybridized carbons (Fsp3) is 0.741. The minimum absolute atomic E-state index is 0.757. The lowest BCUT2D eigenvalue weighted by Gasteiger charge is -2.25. The number of nitriles is 1. The lowest BCUT2D eigenvalue weighted by molar-refractivity contribution is 0.555. The van der Waals surface area contributed by atoms with Gasteiger partial charge in [-0.2, -0.15) is 5.26 Å². The molecule has 0 saturated heterocycles. The van der Waals surface area contributed by atoms with Crippen LogP contribution < -0.4 is 4.90 Å². The zero-order valence-electron chi connectivity index (χ0n) is 19.4. The largest absolute Gasteiger partial charge is 0.372 e. The number of unbranched alkanes of at least 4 members (excludes halogenated alkanes) is 14. The predicted molar refractivity (Wildman–Crippen MR) is 129 cm³/mol. The van der Waals surface area contributed by atoms with Gasteiger partial charge in [0.05, 0.1) is 11.6 Å². The summed E-state index contributed by atoms with van der Waals surface area (Å²) in [6.07, 6.45) is 21.9. The lowest BCUT2D eigenvalue weighted by atomic mass is 10.1. The van der Waals surface area contributed by atoms with Crippen molar-refractivity contribution in [1.29, 1.82) is 5.26 Å². The first-order chi connectivity index (χ1) is 14.3. The van der Waals surface area contributed by atoms with Crippen molar-refractivity contribution in [2.45, 2.75) is 117 Å². The Labute approximate surface area is 181 Å². The third-order valence-corrected chi connectivity index (χ3v) is 5.92. The maximum atomic E-state index is 9.06. The molecule has 0 atom stereocenters. The summed E-state index contributed by atoms with van der Waals surface area (Å²) in [6.45, 7) is 6.86. The molecule has 0 aliphatic rings. The van der Waals surface area contributed by atoms with E-state index in [4.69, 9.17) is 5.26 Å². The van der Waals surface area contributed by atoms with Crippen LogP contribution in [0.25, 0.3) is 0 Å². The molecule has 1 aromatic rings. The molecule has 1 rings (SSSR count). The monoisotopic (exact) mass is 398 g/mol. The molecule has 0 N–H and O–H groups in total. The quantitative estimate of drug-likeness (QED) is 0.218. The lowest BCUT2D eigenvalue weighted by Crippen LogP contribution is -2.25. The zero-order chi connectivity index (χ0) is 21.0. The highest BCUT2D eigenvalue weighted by Crippen LogP contribution is 2.18. The SMILES string of the molecule is CCCCCCCCCCN(CCCCCCCCCC)c1ccc(C#N)cc1. The van der Waals surface area contributed by atoms with Crippen LogP contribution in [0.15, 0.2) is 24.3 Å². The minimum Gasteiger partial charge on any atom is -0.372 e. The Morgan fingerprint density at radius 3 is 1.34 bits per heavy atom. The first-order valence-electron chi connectivity index (χ1n) is 12.6. The Morgan fingerprint density at radius 2 is 0.966 bits per heavy atom. The fourth-order valence-electron chi connectivity index (χ4n) is 3.99. The van der Waals surface area contributed by atoms with E-state index in [2.05, 4.69) is 36.9 Å². The van der Waals surface area contributed by atoms with Gasteiger partial charge in [0.1, 0.15) is 0 Å². The number of anilines is 1. The van der Waals surface area contributed by atoms with E-state index in [1.165, 1.54) is 108 Å². The molecule has 164 valence electrons. The van der Waals surface area contributed by atoms with Crippen LogP contribution in [0.1, 0.15) is 122 Å². The molecule has 2 heteroatoms. The highest BCUT2D eigenvalue weighted by molar-refractivity contribution is 5.49. The summed E-state index contributed by atoms with van der Waals surface area (Å²) < 4.78 is 0. The third-order valence-electron chi connectivity index (χ3n) is 5.92. The van der Waals surface area contributed by atoms with E-state index in [0.717, 1.165) is 18.7 Å². The van der Waals surface area contributed by atoms with Gasteiger partial charge in [-0.1, -0.05) is 104 Å². The summed E-state index contributed by atoms with van der Waals surface area (Å²) >= 11 is 0. The molecule has 0 spiro atoms. The Bertz CT molecular complexity index is 494. The highest BCUT2D eigenvalue weighted by atomic mass is 15.1. The number of hydrogen-bond acceptors (Lipinski definition) is 2. The van der Waals surface area contributed by atoms with Gasteiger partial charge in [0.25, 0.3) is 0 Å². The van der Waals surface area contributed by atoms with Crippen LogP contribution in [0.3, 0.4) is 0 Å². The average Bonchev–Trinajstić information content (AvgIpc) is 2.76.